The van der Waals surface area contributed by atoms with Crippen LogP contribution in [0.4, 0.5) is 11.5 Å². The van der Waals surface area contributed by atoms with E-state index in [9.17, 15) is 4.79 Å². The van der Waals surface area contributed by atoms with Gasteiger partial charge in [-0.1, -0.05) is 6.07 Å². The highest BCUT2D eigenvalue weighted by Gasteiger charge is 2.16. The largest absolute Gasteiger partial charge is 0.496 e. The molecule has 5 rings (SSSR count). The van der Waals surface area contributed by atoms with E-state index >= 15 is 0 Å². The van der Waals surface area contributed by atoms with E-state index < -0.39 is 0 Å². The normalized spacial score (nSPS) is 13.9. The van der Waals surface area contributed by atoms with Gasteiger partial charge in [0.15, 0.2) is 0 Å². The van der Waals surface area contributed by atoms with Crippen LogP contribution >= 0.6 is 0 Å². The molecule has 1 aliphatic rings. The zero-order valence-corrected chi connectivity index (χ0v) is 19.0. The highest BCUT2D eigenvalue weighted by Crippen LogP contribution is 2.38. The molecule has 0 aliphatic carbocycles. The second-order valence-electron chi connectivity index (χ2n) is 8.66. The SMILES string of the molecule is COc1cc(N2CCCCC2)ccc1-c1cc2cc(-c3c[nH]c(=O)c(C)c3)ccc2nc1N. The lowest BCUT2D eigenvalue weighted by molar-refractivity contribution is 0.416. The zero-order chi connectivity index (χ0) is 22.9. The summed E-state index contributed by atoms with van der Waals surface area (Å²) in [4.78, 5) is 21.6. The van der Waals surface area contributed by atoms with E-state index in [1.165, 1.54) is 24.9 Å². The first kappa shape index (κ1) is 21.1. The Morgan fingerprint density at radius 3 is 2.55 bits per heavy atom. The summed E-state index contributed by atoms with van der Waals surface area (Å²) in [6.45, 7) is 3.97. The van der Waals surface area contributed by atoms with Crippen molar-refractivity contribution in [2.75, 3.05) is 30.8 Å². The maximum Gasteiger partial charge on any atom is 0.250 e. The van der Waals surface area contributed by atoms with Gasteiger partial charge < -0.3 is 20.4 Å². The maximum atomic E-state index is 11.7. The van der Waals surface area contributed by atoms with Gasteiger partial charge in [-0.3, -0.25) is 4.79 Å². The van der Waals surface area contributed by atoms with Crippen LogP contribution in [0.5, 0.6) is 5.75 Å². The molecule has 1 aliphatic heterocycles. The molecule has 4 aromatic rings. The molecule has 0 radical (unpaired) electrons. The molecular weight excluding hydrogens is 412 g/mol. The molecule has 0 bridgehead atoms. The number of aromatic amines is 1. The number of H-pyrrole nitrogens is 1. The molecule has 0 saturated carbocycles. The van der Waals surface area contributed by atoms with Crippen LogP contribution in [-0.4, -0.2) is 30.2 Å². The summed E-state index contributed by atoms with van der Waals surface area (Å²) in [7, 11) is 1.69. The fraction of sp³-hybridized carbons (Fsp3) is 0.259. The Morgan fingerprint density at radius 1 is 0.970 bits per heavy atom. The van der Waals surface area contributed by atoms with Gasteiger partial charge in [-0.25, -0.2) is 4.98 Å². The summed E-state index contributed by atoms with van der Waals surface area (Å²) < 4.78 is 5.77. The van der Waals surface area contributed by atoms with Gasteiger partial charge >= 0.3 is 0 Å². The highest BCUT2D eigenvalue weighted by molar-refractivity contribution is 5.93. The summed E-state index contributed by atoms with van der Waals surface area (Å²) in [6.07, 6.45) is 5.49. The monoisotopic (exact) mass is 440 g/mol. The number of ether oxygens (including phenoxy) is 1. The minimum atomic E-state index is -0.0728. The lowest BCUT2D eigenvalue weighted by atomic mass is 9.99. The molecule has 1 saturated heterocycles. The summed E-state index contributed by atoms with van der Waals surface area (Å²) >= 11 is 0. The van der Waals surface area contributed by atoms with Crippen LogP contribution in [0.2, 0.25) is 0 Å². The third-order valence-corrected chi connectivity index (χ3v) is 6.46. The van der Waals surface area contributed by atoms with Gasteiger partial charge in [0.25, 0.3) is 5.56 Å². The summed E-state index contributed by atoms with van der Waals surface area (Å²) in [6, 6.07) is 16.3. The van der Waals surface area contributed by atoms with Crippen molar-refractivity contribution in [3.8, 4) is 28.0 Å². The highest BCUT2D eigenvalue weighted by atomic mass is 16.5. The van der Waals surface area contributed by atoms with Crippen LogP contribution in [-0.2, 0) is 0 Å². The molecule has 0 atom stereocenters. The second kappa shape index (κ2) is 8.62. The molecule has 1 fully saturated rings. The predicted octanol–water partition coefficient (Wildman–Crippen LogP) is 5.15. The number of hydrogen-bond donors (Lipinski definition) is 2. The van der Waals surface area contributed by atoms with Gasteiger partial charge in [-0.05, 0) is 73.7 Å². The summed E-state index contributed by atoms with van der Waals surface area (Å²) in [5, 5.41) is 0.975. The van der Waals surface area contributed by atoms with Crippen molar-refractivity contribution in [3.05, 3.63) is 70.6 Å². The number of aromatic nitrogens is 2. The van der Waals surface area contributed by atoms with Crippen LogP contribution in [0, 0.1) is 6.92 Å². The van der Waals surface area contributed by atoms with E-state index in [0.717, 1.165) is 52.0 Å². The summed E-state index contributed by atoms with van der Waals surface area (Å²) in [5.41, 5.74) is 12.7. The first-order valence-electron chi connectivity index (χ1n) is 11.4. The van der Waals surface area contributed by atoms with Gasteiger partial charge in [-0.2, -0.15) is 0 Å². The number of pyridine rings is 2. The van der Waals surface area contributed by atoms with E-state index in [1.807, 2.05) is 25.1 Å². The topological polar surface area (TPSA) is 84.2 Å². The molecule has 33 heavy (non-hydrogen) atoms. The van der Waals surface area contributed by atoms with Gasteiger partial charge in [0, 0.05) is 53.1 Å². The predicted molar refractivity (Wildman–Crippen MR) is 135 cm³/mol. The molecule has 6 heteroatoms. The Kier molecular flexibility index (Phi) is 5.50. The Morgan fingerprint density at radius 2 is 1.79 bits per heavy atom. The molecule has 0 spiro atoms. The maximum absolute atomic E-state index is 11.7. The quantitative estimate of drug-likeness (QED) is 0.459. The molecule has 3 N–H and O–H groups in total. The molecule has 3 heterocycles. The number of nitrogens with two attached hydrogens (primary N) is 1. The van der Waals surface area contributed by atoms with Crippen molar-refractivity contribution in [1.82, 2.24) is 9.97 Å². The van der Waals surface area contributed by atoms with Crippen molar-refractivity contribution in [1.29, 1.82) is 0 Å². The molecule has 2 aromatic carbocycles. The number of methoxy groups -OCH3 is 1. The Hall–Kier alpha value is -3.80. The fourth-order valence-electron chi connectivity index (χ4n) is 4.60. The molecule has 0 amide bonds. The van der Waals surface area contributed by atoms with Crippen molar-refractivity contribution in [2.24, 2.45) is 0 Å². The Labute approximate surface area is 193 Å². The van der Waals surface area contributed by atoms with E-state index in [0.29, 0.717) is 11.4 Å². The van der Waals surface area contributed by atoms with Gasteiger partial charge in [0.2, 0.25) is 0 Å². The smallest absolute Gasteiger partial charge is 0.250 e. The molecular formula is C27H28N4O2. The van der Waals surface area contributed by atoms with Gasteiger partial charge in [-0.15, -0.1) is 0 Å². The van der Waals surface area contributed by atoms with Crippen LogP contribution < -0.4 is 20.9 Å². The summed E-state index contributed by atoms with van der Waals surface area (Å²) in [5.74, 6) is 1.26. The van der Waals surface area contributed by atoms with Crippen molar-refractivity contribution < 1.29 is 4.74 Å². The van der Waals surface area contributed by atoms with E-state index in [-0.39, 0.29) is 5.56 Å². The number of anilines is 2. The van der Waals surface area contributed by atoms with Crippen LogP contribution in [0.25, 0.3) is 33.2 Å². The fourth-order valence-corrected chi connectivity index (χ4v) is 4.60. The van der Waals surface area contributed by atoms with Crippen molar-refractivity contribution in [3.63, 3.8) is 0 Å². The van der Waals surface area contributed by atoms with Crippen LogP contribution in [0.1, 0.15) is 24.8 Å². The lowest BCUT2D eigenvalue weighted by Gasteiger charge is -2.29. The minimum Gasteiger partial charge on any atom is -0.496 e. The van der Waals surface area contributed by atoms with Crippen LogP contribution in [0.3, 0.4) is 0 Å². The number of rotatable bonds is 4. The first-order chi connectivity index (χ1) is 16.0. The van der Waals surface area contributed by atoms with E-state index in [1.54, 1.807) is 13.3 Å². The van der Waals surface area contributed by atoms with E-state index in [2.05, 4.69) is 45.2 Å². The number of benzene rings is 2. The molecule has 0 unspecified atom stereocenters. The number of fused-ring (bicyclic) bond motifs is 1. The number of nitrogens with zero attached hydrogens (tertiary/aromatic N) is 2. The van der Waals surface area contributed by atoms with Crippen LogP contribution in [0.15, 0.2) is 59.5 Å². The Bertz CT molecular complexity index is 1390. The van der Waals surface area contributed by atoms with Crippen molar-refractivity contribution >= 4 is 22.4 Å². The standard InChI is InChI=1S/C27H28N4O2/c1-17-12-20(16-29-27(17)32)18-6-9-24-19(13-18)14-23(26(28)30-24)22-8-7-21(15-25(22)33-2)31-10-4-3-5-11-31/h6-9,12-16H,3-5,10-11H2,1-2H3,(H2,28,30)(H,29,32). The average Bonchev–Trinajstić information content (AvgIpc) is 2.85. The average molecular weight is 441 g/mol. The van der Waals surface area contributed by atoms with Gasteiger partial charge in [0.1, 0.15) is 11.6 Å². The lowest BCUT2D eigenvalue weighted by Crippen LogP contribution is -2.29. The van der Waals surface area contributed by atoms with E-state index in [4.69, 9.17) is 10.5 Å². The zero-order valence-electron chi connectivity index (χ0n) is 19.0. The third kappa shape index (κ3) is 4.04. The Balaban J connectivity index is 1.58. The molecule has 2 aromatic heterocycles. The number of nitrogens with one attached hydrogen (secondary N) is 1. The number of piperidine rings is 1. The molecule has 168 valence electrons. The molecule has 6 nitrogen and oxygen atoms in total. The van der Waals surface area contributed by atoms with Gasteiger partial charge in [0.05, 0.1) is 12.6 Å². The minimum absolute atomic E-state index is 0.0728. The third-order valence-electron chi connectivity index (χ3n) is 6.46. The first-order valence-corrected chi connectivity index (χ1v) is 11.4. The number of nitrogen functional groups attached to an aromatic ring is 1. The number of aryl methyl sites for hydroxylation is 1. The second-order valence-corrected chi connectivity index (χ2v) is 8.66. The van der Waals surface area contributed by atoms with Crippen molar-refractivity contribution in [2.45, 2.75) is 26.2 Å². The number of hydrogen-bond acceptors (Lipinski definition) is 5.